The van der Waals surface area contributed by atoms with Gasteiger partial charge in [0.1, 0.15) is 0 Å². The van der Waals surface area contributed by atoms with Gasteiger partial charge < -0.3 is 9.47 Å². The van der Waals surface area contributed by atoms with Gasteiger partial charge in [0, 0.05) is 6.54 Å². The average Bonchev–Trinajstić information content (AvgIpc) is 2.49. The third kappa shape index (κ3) is 5.61. The van der Waals surface area contributed by atoms with E-state index in [-0.39, 0.29) is 6.04 Å². The third-order valence-corrected chi connectivity index (χ3v) is 3.66. The molecule has 0 aromatic heterocycles. The quantitative estimate of drug-likeness (QED) is 0.676. The number of ether oxygens (including phenoxy) is 2. The molecule has 0 aliphatic carbocycles. The summed E-state index contributed by atoms with van der Waals surface area (Å²) in [5.41, 5.74) is 1.11. The fraction of sp³-hybridized carbons (Fsp3) is 0.529. The summed E-state index contributed by atoms with van der Waals surface area (Å²) in [6, 6.07) is 4.14. The lowest BCUT2D eigenvalue weighted by atomic mass is 10.1. The van der Waals surface area contributed by atoms with E-state index in [0.717, 1.165) is 40.8 Å². The van der Waals surface area contributed by atoms with Crippen molar-refractivity contribution in [3.8, 4) is 23.8 Å². The lowest BCUT2D eigenvalue weighted by Gasteiger charge is -2.16. The summed E-state index contributed by atoms with van der Waals surface area (Å²) in [6.07, 6.45) is 8.53. The van der Waals surface area contributed by atoms with E-state index in [1.807, 2.05) is 12.1 Å². The van der Waals surface area contributed by atoms with E-state index < -0.39 is 0 Å². The van der Waals surface area contributed by atoms with Crippen molar-refractivity contribution >= 4 is 15.9 Å². The topological polar surface area (TPSA) is 30.5 Å². The molecule has 1 unspecified atom stereocenters. The predicted molar refractivity (Wildman–Crippen MR) is 90.8 cm³/mol. The number of hydrogen-bond acceptors (Lipinski definition) is 3. The van der Waals surface area contributed by atoms with Gasteiger partial charge in [0.2, 0.25) is 0 Å². The molecule has 21 heavy (non-hydrogen) atoms. The monoisotopic (exact) mass is 353 g/mol. The van der Waals surface area contributed by atoms with Crippen LogP contribution in [-0.2, 0) is 6.54 Å². The Morgan fingerprint density at radius 3 is 2.67 bits per heavy atom. The Hall–Kier alpha value is -1.18. The van der Waals surface area contributed by atoms with Crippen LogP contribution in [0.25, 0.3) is 0 Å². The molecule has 1 aromatic carbocycles. The van der Waals surface area contributed by atoms with Gasteiger partial charge >= 0.3 is 0 Å². The SMILES string of the molecule is C#CC(CCC)NCc1cc(Br)c(OCCC)c(OC)c1. The largest absolute Gasteiger partial charge is 0.493 e. The van der Waals surface area contributed by atoms with Gasteiger partial charge in [-0.3, -0.25) is 5.32 Å². The van der Waals surface area contributed by atoms with Crippen LogP contribution in [0, 0.1) is 12.3 Å². The molecule has 0 spiro atoms. The molecule has 0 amide bonds. The highest BCUT2D eigenvalue weighted by atomic mass is 79.9. The van der Waals surface area contributed by atoms with Crippen LogP contribution in [0.5, 0.6) is 11.5 Å². The van der Waals surface area contributed by atoms with E-state index in [1.165, 1.54) is 0 Å². The number of terminal acetylenes is 1. The zero-order valence-electron chi connectivity index (χ0n) is 13.0. The van der Waals surface area contributed by atoms with Gasteiger partial charge in [-0.1, -0.05) is 26.2 Å². The lowest BCUT2D eigenvalue weighted by molar-refractivity contribution is 0.292. The first kappa shape index (κ1) is 17.9. The minimum absolute atomic E-state index is 0.107. The first-order chi connectivity index (χ1) is 10.2. The zero-order chi connectivity index (χ0) is 15.7. The smallest absolute Gasteiger partial charge is 0.175 e. The van der Waals surface area contributed by atoms with Crippen molar-refractivity contribution < 1.29 is 9.47 Å². The van der Waals surface area contributed by atoms with Crippen LogP contribution in [0.4, 0.5) is 0 Å². The highest BCUT2D eigenvalue weighted by Crippen LogP contribution is 2.36. The van der Waals surface area contributed by atoms with Gasteiger partial charge in [0.15, 0.2) is 11.5 Å². The molecule has 116 valence electrons. The maximum Gasteiger partial charge on any atom is 0.175 e. The Kier molecular flexibility index (Phi) is 8.26. The van der Waals surface area contributed by atoms with Crippen molar-refractivity contribution in [1.82, 2.24) is 5.32 Å². The summed E-state index contributed by atoms with van der Waals surface area (Å²) >= 11 is 3.55. The molecule has 1 atom stereocenters. The van der Waals surface area contributed by atoms with Crippen molar-refractivity contribution in [2.75, 3.05) is 13.7 Å². The second-order valence-electron chi connectivity index (χ2n) is 4.85. The van der Waals surface area contributed by atoms with Crippen LogP contribution in [0.2, 0.25) is 0 Å². The minimum Gasteiger partial charge on any atom is -0.493 e. The van der Waals surface area contributed by atoms with Gasteiger partial charge in [0.25, 0.3) is 0 Å². The first-order valence-corrected chi connectivity index (χ1v) is 8.14. The second kappa shape index (κ2) is 9.70. The Morgan fingerprint density at radius 2 is 2.10 bits per heavy atom. The minimum atomic E-state index is 0.107. The van der Waals surface area contributed by atoms with Crippen molar-refractivity contribution in [2.24, 2.45) is 0 Å². The molecular formula is C17H24BrNO2. The number of hydrogen-bond donors (Lipinski definition) is 1. The molecule has 1 N–H and O–H groups in total. The maximum absolute atomic E-state index is 5.72. The molecular weight excluding hydrogens is 330 g/mol. The molecule has 3 nitrogen and oxygen atoms in total. The van der Waals surface area contributed by atoms with Crippen LogP contribution in [0.15, 0.2) is 16.6 Å². The number of methoxy groups -OCH3 is 1. The number of benzene rings is 1. The zero-order valence-corrected chi connectivity index (χ0v) is 14.6. The second-order valence-corrected chi connectivity index (χ2v) is 5.70. The lowest BCUT2D eigenvalue weighted by Crippen LogP contribution is -2.26. The van der Waals surface area contributed by atoms with E-state index in [2.05, 4.69) is 41.0 Å². The van der Waals surface area contributed by atoms with Gasteiger partial charge in [0.05, 0.1) is 24.2 Å². The van der Waals surface area contributed by atoms with Crippen molar-refractivity contribution in [2.45, 2.75) is 45.7 Å². The highest BCUT2D eigenvalue weighted by molar-refractivity contribution is 9.10. The standard InChI is InChI=1S/C17H24BrNO2/c1-5-8-14(7-3)19-12-13-10-15(18)17(21-9-6-2)16(11-13)20-4/h3,10-11,14,19H,5-6,8-9,12H2,1-2,4H3. The Bertz CT molecular complexity index is 482. The molecule has 0 bridgehead atoms. The summed E-state index contributed by atoms with van der Waals surface area (Å²) in [4.78, 5) is 0. The van der Waals surface area contributed by atoms with Gasteiger partial charge in [-0.15, -0.1) is 6.42 Å². The molecule has 0 radical (unpaired) electrons. The third-order valence-electron chi connectivity index (χ3n) is 3.07. The Balaban J connectivity index is 2.81. The fourth-order valence-electron chi connectivity index (χ4n) is 1.99. The van der Waals surface area contributed by atoms with Gasteiger partial charge in [-0.2, -0.15) is 0 Å². The summed E-state index contributed by atoms with van der Waals surface area (Å²) in [5.74, 6) is 4.27. The molecule has 0 saturated carbocycles. The molecule has 1 aromatic rings. The number of halogens is 1. The summed E-state index contributed by atoms with van der Waals surface area (Å²) in [5, 5.41) is 3.37. The van der Waals surface area contributed by atoms with E-state index >= 15 is 0 Å². The van der Waals surface area contributed by atoms with E-state index in [1.54, 1.807) is 7.11 Å². The Labute approximate surface area is 136 Å². The molecule has 0 aliphatic heterocycles. The average molecular weight is 354 g/mol. The van der Waals surface area contributed by atoms with E-state index in [4.69, 9.17) is 15.9 Å². The number of rotatable bonds is 9. The van der Waals surface area contributed by atoms with Crippen LogP contribution in [0.3, 0.4) is 0 Å². The predicted octanol–water partition coefficient (Wildman–Crippen LogP) is 4.14. The summed E-state index contributed by atoms with van der Waals surface area (Å²) in [7, 11) is 1.65. The molecule has 0 aliphatic rings. The molecule has 4 heteroatoms. The first-order valence-electron chi connectivity index (χ1n) is 7.34. The molecule has 0 heterocycles. The molecule has 0 fully saturated rings. The fourth-order valence-corrected chi connectivity index (χ4v) is 2.60. The van der Waals surface area contributed by atoms with Gasteiger partial charge in [-0.05, 0) is 46.5 Å². The molecule has 0 saturated heterocycles. The van der Waals surface area contributed by atoms with E-state index in [0.29, 0.717) is 13.2 Å². The summed E-state index contributed by atoms with van der Waals surface area (Å²) in [6.45, 7) is 5.58. The van der Waals surface area contributed by atoms with Crippen LogP contribution in [0.1, 0.15) is 38.7 Å². The number of nitrogens with one attached hydrogen (secondary N) is 1. The molecule has 1 rings (SSSR count). The van der Waals surface area contributed by atoms with Crippen LogP contribution < -0.4 is 14.8 Å². The summed E-state index contributed by atoms with van der Waals surface area (Å²) < 4.78 is 12.0. The van der Waals surface area contributed by atoms with Gasteiger partial charge in [-0.25, -0.2) is 0 Å². The van der Waals surface area contributed by atoms with Crippen molar-refractivity contribution in [3.05, 3.63) is 22.2 Å². The van der Waals surface area contributed by atoms with Crippen LogP contribution >= 0.6 is 15.9 Å². The Morgan fingerprint density at radius 1 is 1.33 bits per heavy atom. The van der Waals surface area contributed by atoms with Crippen molar-refractivity contribution in [3.63, 3.8) is 0 Å². The normalized spacial score (nSPS) is 11.8. The van der Waals surface area contributed by atoms with Crippen molar-refractivity contribution in [1.29, 1.82) is 0 Å². The highest BCUT2D eigenvalue weighted by Gasteiger charge is 2.12. The maximum atomic E-state index is 5.72. The van der Waals surface area contributed by atoms with E-state index in [9.17, 15) is 0 Å². The van der Waals surface area contributed by atoms with Crippen LogP contribution in [-0.4, -0.2) is 19.8 Å².